The fourth-order valence-corrected chi connectivity index (χ4v) is 3.72. The summed E-state index contributed by atoms with van der Waals surface area (Å²) >= 11 is 0. The Kier molecular flexibility index (Phi) is 4.83. The molecule has 0 aliphatic carbocycles. The molecule has 1 aliphatic heterocycles. The summed E-state index contributed by atoms with van der Waals surface area (Å²) < 4.78 is 16.8. The number of benzene rings is 1. The van der Waals surface area contributed by atoms with Crippen molar-refractivity contribution in [2.24, 2.45) is 10.7 Å². The molecule has 3 aromatic rings. The van der Waals surface area contributed by atoms with Crippen molar-refractivity contribution >= 4 is 28.7 Å². The van der Waals surface area contributed by atoms with Crippen LogP contribution in [0.15, 0.2) is 29.5 Å². The second-order valence-corrected chi connectivity index (χ2v) is 7.49. The third-order valence-electron chi connectivity index (χ3n) is 5.04. The Morgan fingerprint density at radius 1 is 1.28 bits per heavy atom. The summed E-state index contributed by atoms with van der Waals surface area (Å²) in [6.07, 6.45) is 3.58. The summed E-state index contributed by atoms with van der Waals surface area (Å²) in [4.78, 5) is 15.2. The Balaban J connectivity index is 1.68. The highest BCUT2D eigenvalue weighted by atomic mass is 19.1. The molecule has 0 saturated carbocycles. The molecule has 0 bridgehead atoms. The number of aliphatic imine (C=N–C) groups is 1. The molecule has 1 unspecified atom stereocenters. The van der Waals surface area contributed by atoms with Crippen LogP contribution in [0.3, 0.4) is 0 Å². The van der Waals surface area contributed by atoms with Crippen molar-refractivity contribution in [1.29, 1.82) is 0 Å². The standard InChI is InChI=1S/C20H25FN8/c1-11-8-28(5-4-24-11)14-6-15(21)18(16(22)7-14)19(23)27-17-10-29-9-12(2)25-20(29)13(3)26-17/h6-7,9-11,24H,4-5,8,22H2,1-3H3,(H2,23,27). The van der Waals surface area contributed by atoms with Crippen LogP contribution in [-0.2, 0) is 0 Å². The second-order valence-electron chi connectivity index (χ2n) is 7.49. The van der Waals surface area contributed by atoms with E-state index in [0.717, 1.165) is 36.7 Å². The maximum Gasteiger partial charge on any atom is 0.171 e. The summed E-state index contributed by atoms with van der Waals surface area (Å²) in [5, 5.41) is 3.37. The monoisotopic (exact) mass is 396 g/mol. The zero-order chi connectivity index (χ0) is 20.7. The van der Waals surface area contributed by atoms with Gasteiger partial charge in [-0.15, -0.1) is 0 Å². The molecule has 1 fully saturated rings. The number of fused-ring (bicyclic) bond motifs is 1. The third-order valence-corrected chi connectivity index (χ3v) is 5.04. The Labute approximate surface area is 168 Å². The number of rotatable bonds is 3. The number of nitrogens with zero attached hydrogens (tertiary/aromatic N) is 5. The molecule has 152 valence electrons. The topological polar surface area (TPSA) is 110 Å². The van der Waals surface area contributed by atoms with Crippen molar-refractivity contribution in [3.8, 4) is 0 Å². The molecule has 1 aliphatic rings. The van der Waals surface area contributed by atoms with Gasteiger partial charge in [0.05, 0.1) is 23.1 Å². The van der Waals surface area contributed by atoms with E-state index < -0.39 is 5.82 Å². The van der Waals surface area contributed by atoms with Gasteiger partial charge in [0, 0.05) is 43.2 Å². The van der Waals surface area contributed by atoms with E-state index >= 15 is 0 Å². The van der Waals surface area contributed by atoms with Gasteiger partial charge < -0.3 is 26.1 Å². The van der Waals surface area contributed by atoms with Crippen molar-refractivity contribution < 1.29 is 4.39 Å². The zero-order valence-electron chi connectivity index (χ0n) is 16.8. The number of piperazine rings is 1. The molecule has 2 aromatic heterocycles. The first-order valence-corrected chi connectivity index (χ1v) is 9.56. The van der Waals surface area contributed by atoms with Gasteiger partial charge in [-0.25, -0.2) is 19.4 Å². The summed E-state index contributed by atoms with van der Waals surface area (Å²) in [6, 6.07) is 3.54. The van der Waals surface area contributed by atoms with Gasteiger partial charge in [-0.2, -0.15) is 0 Å². The summed E-state index contributed by atoms with van der Waals surface area (Å²) in [7, 11) is 0. The number of halogens is 1. The maximum absolute atomic E-state index is 14.9. The Bertz CT molecular complexity index is 1080. The molecule has 1 saturated heterocycles. The second kappa shape index (κ2) is 7.32. The van der Waals surface area contributed by atoms with E-state index in [2.05, 4.69) is 32.1 Å². The SMILES string of the molecule is Cc1cn2cc(/N=C(\N)c3c(N)cc(N4CCNC(C)C4)cc3F)nc(C)c2n1. The number of hydrogen-bond acceptors (Lipinski definition) is 6. The molecule has 4 rings (SSSR count). The van der Waals surface area contributed by atoms with Crippen molar-refractivity contribution in [3.63, 3.8) is 0 Å². The molecule has 5 N–H and O–H groups in total. The Hall–Kier alpha value is -3.20. The van der Waals surface area contributed by atoms with Crippen LogP contribution >= 0.6 is 0 Å². The van der Waals surface area contributed by atoms with Gasteiger partial charge in [0.2, 0.25) is 0 Å². The number of aryl methyl sites for hydroxylation is 2. The van der Waals surface area contributed by atoms with Gasteiger partial charge >= 0.3 is 0 Å². The lowest BCUT2D eigenvalue weighted by atomic mass is 10.1. The summed E-state index contributed by atoms with van der Waals surface area (Å²) in [5.41, 5.74) is 15.7. The average Bonchev–Trinajstić information content (AvgIpc) is 3.02. The van der Waals surface area contributed by atoms with Crippen LogP contribution in [0.4, 0.5) is 21.6 Å². The lowest BCUT2D eigenvalue weighted by molar-refractivity contribution is 0.484. The van der Waals surface area contributed by atoms with Crippen LogP contribution < -0.4 is 21.7 Å². The maximum atomic E-state index is 14.9. The average molecular weight is 396 g/mol. The number of anilines is 2. The van der Waals surface area contributed by atoms with E-state index in [4.69, 9.17) is 11.5 Å². The van der Waals surface area contributed by atoms with Crippen LogP contribution in [0, 0.1) is 19.7 Å². The van der Waals surface area contributed by atoms with Gasteiger partial charge in [0.15, 0.2) is 11.5 Å². The van der Waals surface area contributed by atoms with Gasteiger partial charge in [0.25, 0.3) is 0 Å². The van der Waals surface area contributed by atoms with Crippen molar-refractivity contribution in [1.82, 2.24) is 19.7 Å². The zero-order valence-corrected chi connectivity index (χ0v) is 16.8. The van der Waals surface area contributed by atoms with Crippen molar-refractivity contribution in [3.05, 3.63) is 47.3 Å². The van der Waals surface area contributed by atoms with E-state index in [-0.39, 0.29) is 17.1 Å². The Morgan fingerprint density at radius 3 is 2.79 bits per heavy atom. The smallest absolute Gasteiger partial charge is 0.171 e. The van der Waals surface area contributed by atoms with Crippen LogP contribution in [0.5, 0.6) is 0 Å². The molecule has 1 atom stereocenters. The minimum absolute atomic E-state index is 0.0108. The molecule has 29 heavy (non-hydrogen) atoms. The molecule has 8 nitrogen and oxygen atoms in total. The van der Waals surface area contributed by atoms with Gasteiger partial charge in [-0.1, -0.05) is 0 Å². The molecule has 0 radical (unpaired) electrons. The van der Waals surface area contributed by atoms with Crippen LogP contribution in [0.2, 0.25) is 0 Å². The first kappa shape index (κ1) is 19.1. The van der Waals surface area contributed by atoms with Crippen LogP contribution in [0.1, 0.15) is 23.9 Å². The molecule has 3 heterocycles. The van der Waals surface area contributed by atoms with Gasteiger partial charge in [-0.05, 0) is 32.9 Å². The highest BCUT2D eigenvalue weighted by molar-refractivity contribution is 6.03. The fraction of sp³-hybridized carbons (Fsp3) is 0.350. The minimum Gasteiger partial charge on any atom is -0.398 e. The quantitative estimate of drug-likeness (QED) is 0.354. The van der Waals surface area contributed by atoms with E-state index in [1.165, 1.54) is 6.07 Å². The lowest BCUT2D eigenvalue weighted by Gasteiger charge is -2.34. The van der Waals surface area contributed by atoms with Crippen LogP contribution in [-0.4, -0.2) is 45.9 Å². The first-order valence-electron chi connectivity index (χ1n) is 9.56. The third kappa shape index (κ3) is 3.73. The van der Waals surface area contributed by atoms with E-state index in [1.807, 2.05) is 24.4 Å². The molecule has 1 aromatic carbocycles. The summed E-state index contributed by atoms with van der Waals surface area (Å²) in [6.45, 7) is 8.26. The highest BCUT2D eigenvalue weighted by Crippen LogP contribution is 2.26. The number of aromatic nitrogens is 3. The van der Waals surface area contributed by atoms with Crippen molar-refractivity contribution in [2.75, 3.05) is 30.3 Å². The number of nitrogens with two attached hydrogens (primary N) is 2. The summed E-state index contributed by atoms with van der Waals surface area (Å²) in [5.74, 6) is -0.143. The normalized spacial score (nSPS) is 17.9. The van der Waals surface area contributed by atoms with Crippen molar-refractivity contribution in [2.45, 2.75) is 26.8 Å². The highest BCUT2D eigenvalue weighted by Gasteiger charge is 2.20. The minimum atomic E-state index is -0.497. The number of imidazole rings is 1. The predicted octanol–water partition coefficient (Wildman–Crippen LogP) is 1.90. The fourth-order valence-electron chi connectivity index (χ4n) is 3.72. The number of nitrogens with one attached hydrogen (secondary N) is 1. The number of nitrogen functional groups attached to an aromatic ring is 1. The van der Waals surface area contributed by atoms with E-state index in [1.54, 1.807) is 12.3 Å². The van der Waals surface area contributed by atoms with E-state index in [0.29, 0.717) is 17.6 Å². The van der Waals surface area contributed by atoms with Gasteiger partial charge in [0.1, 0.15) is 11.7 Å². The lowest BCUT2D eigenvalue weighted by Crippen LogP contribution is -2.49. The van der Waals surface area contributed by atoms with Gasteiger partial charge in [-0.3, -0.25) is 0 Å². The molecule has 9 heteroatoms. The van der Waals surface area contributed by atoms with Crippen LogP contribution in [0.25, 0.3) is 5.65 Å². The molecule has 0 amide bonds. The first-order chi connectivity index (χ1) is 13.8. The predicted molar refractivity (Wildman–Crippen MR) is 113 cm³/mol. The molecular formula is C20H25FN8. The molecule has 0 spiro atoms. The molecular weight excluding hydrogens is 371 g/mol. The Morgan fingerprint density at radius 2 is 2.07 bits per heavy atom. The van der Waals surface area contributed by atoms with E-state index in [9.17, 15) is 4.39 Å². The number of hydrogen-bond donors (Lipinski definition) is 3. The number of amidine groups is 1. The largest absolute Gasteiger partial charge is 0.398 e.